The van der Waals surface area contributed by atoms with E-state index in [2.05, 4.69) is 30.9 Å². The van der Waals surface area contributed by atoms with Crippen LogP contribution in [0.1, 0.15) is 88.2 Å². The highest BCUT2D eigenvalue weighted by molar-refractivity contribution is 5.31. The summed E-state index contributed by atoms with van der Waals surface area (Å²) in [6.07, 6.45) is 20.5. The van der Waals surface area contributed by atoms with E-state index in [-0.39, 0.29) is 0 Å². The summed E-state index contributed by atoms with van der Waals surface area (Å²) in [6, 6.07) is 10.4. The molecule has 2 aliphatic rings. The molecule has 27 heavy (non-hydrogen) atoms. The minimum Gasteiger partial charge on any atom is -0.192 e. The lowest BCUT2D eigenvalue weighted by Gasteiger charge is -2.32. The molecule has 2 aliphatic carbocycles. The summed E-state index contributed by atoms with van der Waals surface area (Å²) in [5.41, 5.74) is 2.16. The van der Waals surface area contributed by atoms with Gasteiger partial charge in [-0.3, -0.25) is 0 Å². The Morgan fingerprint density at radius 3 is 1.74 bits per heavy atom. The summed E-state index contributed by atoms with van der Waals surface area (Å²) in [4.78, 5) is 0. The summed E-state index contributed by atoms with van der Waals surface area (Å²) < 4.78 is 0. The van der Waals surface area contributed by atoms with Crippen LogP contribution in [0.5, 0.6) is 0 Å². The first kappa shape index (κ1) is 20.2. The van der Waals surface area contributed by atoms with Crippen molar-refractivity contribution in [1.29, 1.82) is 5.26 Å². The molecule has 1 nitrogen and oxygen atoms in total. The van der Waals surface area contributed by atoms with E-state index >= 15 is 0 Å². The van der Waals surface area contributed by atoms with E-state index in [0.717, 1.165) is 29.2 Å². The van der Waals surface area contributed by atoms with Crippen LogP contribution in [0.3, 0.4) is 0 Å². The summed E-state index contributed by atoms with van der Waals surface area (Å²) in [6.45, 7) is 3.90. The van der Waals surface area contributed by atoms with Crippen molar-refractivity contribution in [2.45, 2.75) is 83.5 Å². The second kappa shape index (κ2) is 10.7. The molecule has 0 amide bonds. The van der Waals surface area contributed by atoms with E-state index in [4.69, 9.17) is 5.26 Å². The average molecular weight is 364 g/mol. The van der Waals surface area contributed by atoms with Crippen molar-refractivity contribution >= 4 is 0 Å². The largest absolute Gasteiger partial charge is 0.192 e. The van der Waals surface area contributed by atoms with E-state index in [1.807, 2.05) is 12.1 Å². The Labute approximate surface area is 166 Å². The highest BCUT2D eigenvalue weighted by Gasteiger charge is 2.24. The Bertz CT molecular complexity index is 592. The van der Waals surface area contributed by atoms with E-state index in [1.165, 1.54) is 89.0 Å². The molecule has 1 heteroatoms. The Balaban J connectivity index is 1.29. The fourth-order valence-corrected chi connectivity index (χ4v) is 5.39. The van der Waals surface area contributed by atoms with Crippen molar-refractivity contribution in [3.05, 3.63) is 48.0 Å². The number of nitrogens with zero attached hydrogens (tertiary/aromatic N) is 1. The lowest BCUT2D eigenvalue weighted by Crippen LogP contribution is -2.18. The predicted molar refractivity (Wildman–Crippen MR) is 114 cm³/mol. The normalized spacial score (nSPS) is 28.4. The maximum atomic E-state index is 8.89. The molecule has 146 valence electrons. The van der Waals surface area contributed by atoms with E-state index in [1.54, 1.807) is 0 Å². The molecule has 0 aromatic heterocycles. The van der Waals surface area contributed by atoms with Gasteiger partial charge in [-0.2, -0.15) is 5.26 Å². The summed E-state index contributed by atoms with van der Waals surface area (Å²) in [5.74, 6) is 3.87. The third-order valence-corrected chi connectivity index (χ3v) is 7.34. The molecule has 0 aliphatic heterocycles. The maximum Gasteiger partial charge on any atom is 0.0991 e. The van der Waals surface area contributed by atoms with Crippen molar-refractivity contribution < 1.29 is 0 Å². The zero-order valence-electron chi connectivity index (χ0n) is 17.0. The van der Waals surface area contributed by atoms with Gasteiger partial charge in [-0.05, 0) is 73.5 Å². The first-order valence-electron chi connectivity index (χ1n) is 11.4. The summed E-state index contributed by atoms with van der Waals surface area (Å²) >= 11 is 0. The Hall–Kier alpha value is -1.55. The van der Waals surface area contributed by atoms with Crippen LogP contribution in [-0.2, 0) is 6.42 Å². The smallest absolute Gasteiger partial charge is 0.0991 e. The van der Waals surface area contributed by atoms with E-state index in [0.29, 0.717) is 0 Å². The zero-order valence-corrected chi connectivity index (χ0v) is 17.0. The molecule has 0 unspecified atom stereocenters. The SMILES string of the molecule is C=CC[C@H]1CC[C@H](CCC2CCC(CCc3ccc(C#N)cc3)CC2)CC1. The Morgan fingerprint density at radius 2 is 1.26 bits per heavy atom. The summed E-state index contributed by atoms with van der Waals surface area (Å²) in [5, 5.41) is 8.89. The van der Waals surface area contributed by atoms with E-state index in [9.17, 15) is 0 Å². The van der Waals surface area contributed by atoms with Gasteiger partial charge >= 0.3 is 0 Å². The van der Waals surface area contributed by atoms with Crippen LogP contribution in [0.4, 0.5) is 0 Å². The number of hydrogen-bond acceptors (Lipinski definition) is 1. The van der Waals surface area contributed by atoms with Gasteiger partial charge < -0.3 is 0 Å². The first-order valence-corrected chi connectivity index (χ1v) is 11.4. The molecule has 2 saturated carbocycles. The van der Waals surface area contributed by atoms with Gasteiger partial charge in [0.2, 0.25) is 0 Å². The molecule has 0 saturated heterocycles. The van der Waals surface area contributed by atoms with Crippen molar-refractivity contribution in [2.24, 2.45) is 23.7 Å². The van der Waals surface area contributed by atoms with Gasteiger partial charge in [-0.15, -0.1) is 6.58 Å². The molecule has 0 radical (unpaired) electrons. The molecule has 0 bridgehead atoms. The fourth-order valence-electron chi connectivity index (χ4n) is 5.39. The predicted octanol–water partition coefficient (Wildman–Crippen LogP) is 7.46. The second-order valence-electron chi connectivity index (χ2n) is 9.22. The number of benzene rings is 1. The van der Waals surface area contributed by atoms with Crippen LogP contribution in [0.2, 0.25) is 0 Å². The number of allylic oxidation sites excluding steroid dienone is 1. The Kier molecular flexibility index (Phi) is 8.00. The lowest BCUT2D eigenvalue weighted by molar-refractivity contribution is 0.214. The molecular weight excluding hydrogens is 326 g/mol. The zero-order chi connectivity index (χ0) is 18.9. The third-order valence-electron chi connectivity index (χ3n) is 7.34. The van der Waals surface area contributed by atoms with Gasteiger partial charge in [0.1, 0.15) is 0 Å². The van der Waals surface area contributed by atoms with Crippen molar-refractivity contribution in [3.63, 3.8) is 0 Å². The van der Waals surface area contributed by atoms with Crippen LogP contribution in [0, 0.1) is 35.0 Å². The van der Waals surface area contributed by atoms with Crippen LogP contribution in [0.25, 0.3) is 0 Å². The molecule has 0 atom stereocenters. The third kappa shape index (κ3) is 6.53. The van der Waals surface area contributed by atoms with Crippen LogP contribution in [0.15, 0.2) is 36.9 Å². The quantitative estimate of drug-likeness (QED) is 0.440. The lowest BCUT2D eigenvalue weighted by atomic mass is 9.74. The van der Waals surface area contributed by atoms with Gasteiger partial charge in [0.25, 0.3) is 0 Å². The molecule has 3 rings (SSSR count). The second-order valence-corrected chi connectivity index (χ2v) is 9.22. The highest BCUT2D eigenvalue weighted by Crippen LogP contribution is 2.38. The van der Waals surface area contributed by atoms with Crippen molar-refractivity contribution in [1.82, 2.24) is 0 Å². The van der Waals surface area contributed by atoms with E-state index < -0.39 is 0 Å². The molecule has 0 heterocycles. The maximum absolute atomic E-state index is 8.89. The monoisotopic (exact) mass is 363 g/mol. The fraction of sp³-hybridized carbons (Fsp3) is 0.654. The highest BCUT2D eigenvalue weighted by atomic mass is 14.3. The van der Waals surface area contributed by atoms with Gasteiger partial charge in [-0.1, -0.05) is 69.6 Å². The van der Waals surface area contributed by atoms with Gasteiger partial charge in [0.05, 0.1) is 11.6 Å². The molecule has 1 aromatic rings. The topological polar surface area (TPSA) is 23.8 Å². The summed E-state index contributed by atoms with van der Waals surface area (Å²) in [7, 11) is 0. The number of nitriles is 1. The van der Waals surface area contributed by atoms with Crippen LogP contribution >= 0.6 is 0 Å². The molecule has 0 spiro atoms. The number of hydrogen-bond donors (Lipinski definition) is 0. The first-order chi connectivity index (χ1) is 13.3. The van der Waals surface area contributed by atoms with Crippen LogP contribution < -0.4 is 0 Å². The Morgan fingerprint density at radius 1 is 0.778 bits per heavy atom. The minimum atomic E-state index is 0.772. The molecule has 2 fully saturated rings. The van der Waals surface area contributed by atoms with Gasteiger partial charge in [0.15, 0.2) is 0 Å². The average Bonchev–Trinajstić information content (AvgIpc) is 2.73. The van der Waals surface area contributed by atoms with Gasteiger partial charge in [0, 0.05) is 0 Å². The van der Waals surface area contributed by atoms with Gasteiger partial charge in [-0.25, -0.2) is 0 Å². The molecule has 1 aromatic carbocycles. The van der Waals surface area contributed by atoms with Crippen LogP contribution in [-0.4, -0.2) is 0 Å². The molecular formula is C26H37N. The minimum absolute atomic E-state index is 0.772. The van der Waals surface area contributed by atoms with Crippen molar-refractivity contribution in [3.8, 4) is 6.07 Å². The standard InChI is InChI=1S/C26H37N/c1-2-3-21-4-6-22(7-5-21)8-9-23-10-12-24(13-11-23)14-15-25-16-18-26(20-27)19-17-25/h2,16-19,21-24H,1,3-15H2/t21-,22-,23?,24?. The number of rotatable bonds is 8. The van der Waals surface area contributed by atoms with Crippen molar-refractivity contribution in [2.75, 3.05) is 0 Å². The molecule has 0 N–H and O–H groups in total. The number of aryl methyl sites for hydroxylation is 1.